The molecule has 0 aromatic heterocycles. The van der Waals surface area contributed by atoms with E-state index < -0.39 is 17.4 Å². The molecule has 0 aliphatic rings. The van der Waals surface area contributed by atoms with Crippen molar-refractivity contribution in [2.75, 3.05) is 7.11 Å². The van der Waals surface area contributed by atoms with Crippen molar-refractivity contribution >= 4 is 17.4 Å². The normalized spacial score (nSPS) is 10.4. The number of Topliss-reactive ketones (excluding diaryl/α,β-unsaturated/α-hetero) is 1. The molecule has 0 radical (unpaired) electrons. The fourth-order valence-electron chi connectivity index (χ4n) is 1.85. The van der Waals surface area contributed by atoms with Crippen LogP contribution < -0.4 is 4.74 Å². The number of halogens is 3. The Hall–Kier alpha value is -1.94. The van der Waals surface area contributed by atoms with Gasteiger partial charge < -0.3 is 4.74 Å². The zero-order valence-corrected chi connectivity index (χ0v) is 11.4. The highest BCUT2D eigenvalue weighted by Gasteiger charge is 2.16. The molecule has 0 unspecified atom stereocenters. The second-order valence-electron chi connectivity index (χ2n) is 4.16. The average Bonchev–Trinajstić information content (AvgIpc) is 2.43. The van der Waals surface area contributed by atoms with E-state index in [2.05, 4.69) is 0 Å². The zero-order valence-electron chi connectivity index (χ0n) is 10.6. The van der Waals surface area contributed by atoms with Crippen LogP contribution in [0, 0.1) is 11.6 Å². The Kier molecular flexibility index (Phi) is 4.35. The predicted octanol–water partition coefficient (Wildman–Crippen LogP) is 4.05. The third kappa shape index (κ3) is 2.96. The van der Waals surface area contributed by atoms with Crippen LogP contribution in [0.15, 0.2) is 36.4 Å². The van der Waals surface area contributed by atoms with Gasteiger partial charge >= 0.3 is 0 Å². The van der Waals surface area contributed by atoms with Crippen molar-refractivity contribution in [3.05, 3.63) is 64.2 Å². The molecule has 0 N–H and O–H groups in total. The monoisotopic (exact) mass is 296 g/mol. The quantitative estimate of drug-likeness (QED) is 0.628. The van der Waals surface area contributed by atoms with E-state index in [4.69, 9.17) is 16.3 Å². The summed E-state index contributed by atoms with van der Waals surface area (Å²) in [6.07, 6.45) is -0.00515. The fraction of sp³-hybridized carbons (Fsp3) is 0.133. The lowest BCUT2D eigenvalue weighted by atomic mass is 10.0. The first-order chi connectivity index (χ1) is 9.52. The van der Waals surface area contributed by atoms with Crippen LogP contribution in [0.1, 0.15) is 15.9 Å². The molecule has 0 heterocycles. The van der Waals surface area contributed by atoms with Gasteiger partial charge in [-0.1, -0.05) is 29.8 Å². The van der Waals surface area contributed by atoms with Gasteiger partial charge in [-0.25, -0.2) is 8.78 Å². The van der Waals surface area contributed by atoms with E-state index >= 15 is 0 Å². The summed E-state index contributed by atoms with van der Waals surface area (Å²) in [5.41, 5.74) is 0.609. The molecular formula is C15H11ClF2O2. The molecule has 2 nitrogen and oxygen atoms in total. The van der Waals surface area contributed by atoms with E-state index in [9.17, 15) is 13.6 Å². The van der Waals surface area contributed by atoms with Crippen LogP contribution in [-0.2, 0) is 6.42 Å². The fourth-order valence-corrected chi connectivity index (χ4v) is 2.11. The van der Waals surface area contributed by atoms with Gasteiger partial charge in [0, 0.05) is 17.5 Å². The summed E-state index contributed by atoms with van der Waals surface area (Å²) in [6, 6.07) is 8.59. The predicted molar refractivity (Wildman–Crippen MR) is 72.4 cm³/mol. The van der Waals surface area contributed by atoms with Crippen molar-refractivity contribution in [3.8, 4) is 5.75 Å². The number of ketones is 1. The minimum Gasteiger partial charge on any atom is -0.496 e. The van der Waals surface area contributed by atoms with Crippen LogP contribution in [0.25, 0.3) is 0 Å². The van der Waals surface area contributed by atoms with Crippen LogP contribution in [0.2, 0.25) is 5.02 Å². The zero-order chi connectivity index (χ0) is 14.7. The first-order valence-corrected chi connectivity index (χ1v) is 6.20. The van der Waals surface area contributed by atoms with Gasteiger partial charge in [0.1, 0.15) is 5.75 Å². The van der Waals surface area contributed by atoms with Gasteiger partial charge in [0.2, 0.25) is 0 Å². The number of para-hydroxylation sites is 1. The Morgan fingerprint density at radius 1 is 1.20 bits per heavy atom. The van der Waals surface area contributed by atoms with E-state index in [-0.39, 0.29) is 17.0 Å². The number of benzene rings is 2. The highest BCUT2D eigenvalue weighted by Crippen LogP contribution is 2.24. The highest BCUT2D eigenvalue weighted by atomic mass is 35.5. The standard InChI is InChI=1S/C15H11ClF2O2/c1-20-15-5-3-2-4-9(15)6-14(19)10-7-12(17)13(18)8-11(10)16/h2-5,7-8H,6H2,1H3. The SMILES string of the molecule is COc1ccccc1CC(=O)c1cc(F)c(F)cc1Cl. The third-order valence-electron chi connectivity index (χ3n) is 2.85. The molecule has 2 aromatic carbocycles. The lowest BCUT2D eigenvalue weighted by Crippen LogP contribution is -2.07. The number of carbonyl (C=O) groups is 1. The number of hydrogen-bond acceptors (Lipinski definition) is 2. The van der Waals surface area contributed by atoms with Crippen molar-refractivity contribution < 1.29 is 18.3 Å². The van der Waals surface area contributed by atoms with E-state index in [0.29, 0.717) is 11.3 Å². The smallest absolute Gasteiger partial charge is 0.168 e. The molecule has 20 heavy (non-hydrogen) atoms. The van der Waals surface area contributed by atoms with E-state index in [1.165, 1.54) is 7.11 Å². The topological polar surface area (TPSA) is 26.3 Å². The molecule has 5 heteroatoms. The van der Waals surface area contributed by atoms with Crippen LogP contribution in [0.4, 0.5) is 8.78 Å². The van der Waals surface area contributed by atoms with Crippen molar-refractivity contribution in [3.63, 3.8) is 0 Å². The van der Waals surface area contributed by atoms with E-state index in [1.54, 1.807) is 24.3 Å². The Morgan fingerprint density at radius 2 is 1.85 bits per heavy atom. The van der Waals surface area contributed by atoms with Crippen molar-refractivity contribution in [1.29, 1.82) is 0 Å². The van der Waals surface area contributed by atoms with Crippen LogP contribution in [0.3, 0.4) is 0 Å². The maximum absolute atomic E-state index is 13.2. The number of rotatable bonds is 4. The highest BCUT2D eigenvalue weighted by molar-refractivity contribution is 6.34. The largest absolute Gasteiger partial charge is 0.496 e. The molecule has 0 bridgehead atoms. The summed E-state index contributed by atoms with van der Waals surface area (Å²) in [4.78, 5) is 12.1. The molecule has 0 spiro atoms. The summed E-state index contributed by atoms with van der Waals surface area (Å²) in [7, 11) is 1.49. The molecule has 0 saturated carbocycles. The van der Waals surface area contributed by atoms with Gasteiger partial charge in [-0.15, -0.1) is 0 Å². The number of hydrogen-bond donors (Lipinski definition) is 0. The van der Waals surface area contributed by atoms with Gasteiger partial charge in [-0.2, -0.15) is 0 Å². The lowest BCUT2D eigenvalue weighted by Gasteiger charge is -2.08. The average molecular weight is 297 g/mol. The molecule has 0 amide bonds. The summed E-state index contributed by atoms with van der Waals surface area (Å²) >= 11 is 5.78. The lowest BCUT2D eigenvalue weighted by molar-refractivity contribution is 0.0991. The molecule has 0 aliphatic carbocycles. The Balaban J connectivity index is 2.31. The molecular weight excluding hydrogens is 286 g/mol. The Morgan fingerprint density at radius 3 is 2.55 bits per heavy atom. The molecule has 0 aliphatic heterocycles. The second-order valence-corrected chi connectivity index (χ2v) is 4.57. The van der Waals surface area contributed by atoms with Crippen LogP contribution in [0.5, 0.6) is 5.75 Å². The van der Waals surface area contributed by atoms with Crippen LogP contribution >= 0.6 is 11.6 Å². The molecule has 0 saturated heterocycles. The molecule has 0 atom stereocenters. The van der Waals surface area contributed by atoms with Crippen molar-refractivity contribution in [2.45, 2.75) is 6.42 Å². The third-order valence-corrected chi connectivity index (χ3v) is 3.17. The minimum absolute atomic E-state index is 0.00515. The molecule has 0 fully saturated rings. The summed E-state index contributed by atoms with van der Waals surface area (Å²) in [5.74, 6) is -2.03. The van der Waals surface area contributed by atoms with Gasteiger partial charge in [0.05, 0.1) is 12.1 Å². The summed E-state index contributed by atoms with van der Waals surface area (Å²) < 4.78 is 31.3. The van der Waals surface area contributed by atoms with Gasteiger partial charge in [0.15, 0.2) is 17.4 Å². The molecule has 2 aromatic rings. The van der Waals surface area contributed by atoms with Gasteiger partial charge in [-0.3, -0.25) is 4.79 Å². The van der Waals surface area contributed by atoms with E-state index in [1.807, 2.05) is 0 Å². The first kappa shape index (κ1) is 14.5. The Labute approximate surface area is 119 Å². The van der Waals surface area contributed by atoms with Crippen molar-refractivity contribution in [2.24, 2.45) is 0 Å². The van der Waals surface area contributed by atoms with E-state index in [0.717, 1.165) is 12.1 Å². The molecule has 104 valence electrons. The number of ether oxygens (including phenoxy) is 1. The van der Waals surface area contributed by atoms with Crippen molar-refractivity contribution in [1.82, 2.24) is 0 Å². The maximum atomic E-state index is 13.2. The van der Waals surface area contributed by atoms with Gasteiger partial charge in [0.25, 0.3) is 0 Å². The summed E-state index contributed by atoms with van der Waals surface area (Å²) in [5, 5.41) is -0.108. The number of carbonyl (C=O) groups excluding carboxylic acids is 1. The van der Waals surface area contributed by atoms with Gasteiger partial charge in [-0.05, 0) is 18.2 Å². The first-order valence-electron chi connectivity index (χ1n) is 5.82. The Bertz CT molecular complexity index is 656. The minimum atomic E-state index is -1.10. The second kappa shape index (κ2) is 6.01. The molecule has 2 rings (SSSR count). The maximum Gasteiger partial charge on any atom is 0.168 e. The summed E-state index contributed by atoms with van der Waals surface area (Å²) in [6.45, 7) is 0. The number of methoxy groups -OCH3 is 1. The van der Waals surface area contributed by atoms with Crippen LogP contribution in [-0.4, -0.2) is 12.9 Å².